The van der Waals surface area contributed by atoms with Gasteiger partial charge in [-0.15, -0.1) is 0 Å². The van der Waals surface area contributed by atoms with Crippen molar-refractivity contribution in [2.24, 2.45) is 0 Å². The third-order valence-electron chi connectivity index (χ3n) is 2.98. The Balaban J connectivity index is 2.30. The molecule has 0 spiro atoms. The average Bonchev–Trinajstić information content (AvgIpc) is 2.34. The molecule has 4 heteroatoms. The molecular weight excluding hydrogens is 229 g/mol. The molecule has 0 radical (unpaired) electrons. The number of halogens is 2. The fourth-order valence-electron chi connectivity index (χ4n) is 2.09. The zero-order chi connectivity index (χ0) is 11.5. The Labute approximate surface area is 99.7 Å². The van der Waals surface area contributed by atoms with Crippen LogP contribution < -0.4 is 10.1 Å². The van der Waals surface area contributed by atoms with Crippen molar-refractivity contribution in [3.05, 3.63) is 28.5 Å². The molecule has 0 bridgehead atoms. The van der Waals surface area contributed by atoms with Crippen LogP contribution >= 0.6 is 11.6 Å². The van der Waals surface area contributed by atoms with Crippen LogP contribution in [-0.4, -0.2) is 13.7 Å². The quantitative estimate of drug-likeness (QED) is 0.861. The molecule has 1 atom stereocenters. The van der Waals surface area contributed by atoms with Gasteiger partial charge in [0.2, 0.25) is 0 Å². The van der Waals surface area contributed by atoms with Crippen molar-refractivity contribution < 1.29 is 9.13 Å². The predicted molar refractivity (Wildman–Crippen MR) is 62.6 cm³/mol. The van der Waals surface area contributed by atoms with Crippen LogP contribution in [0.3, 0.4) is 0 Å². The van der Waals surface area contributed by atoms with Gasteiger partial charge in [0.1, 0.15) is 16.6 Å². The van der Waals surface area contributed by atoms with Gasteiger partial charge in [-0.25, -0.2) is 4.39 Å². The maximum Gasteiger partial charge on any atom is 0.150 e. The van der Waals surface area contributed by atoms with Gasteiger partial charge in [0, 0.05) is 11.6 Å². The van der Waals surface area contributed by atoms with Crippen molar-refractivity contribution in [2.45, 2.75) is 25.3 Å². The first-order valence-corrected chi connectivity index (χ1v) is 5.87. The highest BCUT2D eigenvalue weighted by molar-refractivity contribution is 6.32. The summed E-state index contributed by atoms with van der Waals surface area (Å²) in [5.74, 6) is 0.0270. The molecule has 1 aliphatic rings. The number of hydrogen-bond acceptors (Lipinski definition) is 2. The fraction of sp³-hybridized carbons (Fsp3) is 0.500. The van der Waals surface area contributed by atoms with Crippen molar-refractivity contribution in [3.63, 3.8) is 0 Å². The summed E-state index contributed by atoms with van der Waals surface area (Å²) in [5.41, 5.74) is 0.644. The topological polar surface area (TPSA) is 21.3 Å². The van der Waals surface area contributed by atoms with Crippen molar-refractivity contribution in [2.75, 3.05) is 13.7 Å². The lowest BCUT2D eigenvalue weighted by molar-refractivity contribution is 0.392. The molecule has 1 saturated heterocycles. The van der Waals surface area contributed by atoms with E-state index in [1.165, 1.54) is 7.11 Å². The van der Waals surface area contributed by atoms with E-state index in [1.807, 2.05) is 0 Å². The zero-order valence-corrected chi connectivity index (χ0v) is 9.98. The summed E-state index contributed by atoms with van der Waals surface area (Å²) in [6.07, 6.45) is 3.24. The number of benzene rings is 1. The van der Waals surface area contributed by atoms with E-state index < -0.39 is 0 Å². The number of methoxy groups -OCH3 is 1. The molecule has 0 amide bonds. The number of rotatable bonds is 2. The second-order valence-electron chi connectivity index (χ2n) is 3.99. The molecule has 0 aromatic heterocycles. The smallest absolute Gasteiger partial charge is 0.150 e. The van der Waals surface area contributed by atoms with Crippen molar-refractivity contribution >= 4 is 11.6 Å². The Morgan fingerprint density at radius 2 is 2.25 bits per heavy atom. The number of nitrogens with one attached hydrogen (secondary N) is 1. The van der Waals surface area contributed by atoms with Crippen LogP contribution in [0, 0.1) is 5.82 Å². The summed E-state index contributed by atoms with van der Waals surface area (Å²) in [7, 11) is 1.49. The summed E-state index contributed by atoms with van der Waals surface area (Å²) in [4.78, 5) is 0. The van der Waals surface area contributed by atoms with Crippen LogP contribution in [0.4, 0.5) is 4.39 Å². The average molecular weight is 244 g/mol. The van der Waals surface area contributed by atoms with Crippen molar-refractivity contribution in [3.8, 4) is 5.75 Å². The third-order valence-corrected chi connectivity index (χ3v) is 3.33. The minimum Gasteiger partial charge on any atom is -0.495 e. The van der Waals surface area contributed by atoms with E-state index >= 15 is 0 Å². The lowest BCUT2D eigenvalue weighted by Crippen LogP contribution is -2.27. The minimum atomic E-state index is -0.361. The molecule has 2 rings (SSSR count). The zero-order valence-electron chi connectivity index (χ0n) is 9.22. The first-order valence-electron chi connectivity index (χ1n) is 5.49. The molecule has 2 nitrogen and oxygen atoms in total. The second-order valence-corrected chi connectivity index (χ2v) is 4.37. The van der Waals surface area contributed by atoms with Gasteiger partial charge in [-0.3, -0.25) is 0 Å². The van der Waals surface area contributed by atoms with E-state index in [0.717, 1.165) is 25.8 Å². The normalized spacial score (nSPS) is 20.8. The van der Waals surface area contributed by atoms with E-state index in [0.29, 0.717) is 11.3 Å². The molecule has 1 aromatic rings. The molecular formula is C12H15ClFNO. The highest BCUT2D eigenvalue weighted by Gasteiger charge is 2.21. The number of hydrogen-bond donors (Lipinski definition) is 1. The van der Waals surface area contributed by atoms with Crippen LogP contribution in [0.2, 0.25) is 5.02 Å². The second kappa shape index (κ2) is 5.02. The molecule has 1 aromatic carbocycles. The van der Waals surface area contributed by atoms with Gasteiger partial charge in [-0.1, -0.05) is 24.1 Å². The summed E-state index contributed by atoms with van der Waals surface area (Å²) in [6, 6.07) is 3.55. The van der Waals surface area contributed by atoms with Crippen LogP contribution in [-0.2, 0) is 0 Å². The summed E-state index contributed by atoms with van der Waals surface area (Å²) in [5, 5.41) is 3.38. The van der Waals surface area contributed by atoms with Gasteiger partial charge in [-0.2, -0.15) is 0 Å². The monoisotopic (exact) mass is 243 g/mol. The highest BCUT2D eigenvalue weighted by atomic mass is 35.5. The molecule has 1 unspecified atom stereocenters. The first kappa shape index (κ1) is 11.7. The molecule has 1 heterocycles. The third kappa shape index (κ3) is 2.15. The Morgan fingerprint density at radius 1 is 1.44 bits per heavy atom. The molecule has 88 valence electrons. The van der Waals surface area contributed by atoms with Crippen molar-refractivity contribution in [1.82, 2.24) is 5.32 Å². The number of ether oxygens (including phenoxy) is 1. The SMILES string of the molecule is COc1ccc(C2CCCCN2)c(F)c1Cl. The van der Waals surface area contributed by atoms with Crippen molar-refractivity contribution in [1.29, 1.82) is 0 Å². The maximum absolute atomic E-state index is 14.0. The Hall–Kier alpha value is -0.800. The largest absolute Gasteiger partial charge is 0.495 e. The van der Waals surface area contributed by atoms with Gasteiger partial charge in [0.25, 0.3) is 0 Å². The molecule has 1 aliphatic heterocycles. The molecule has 1 N–H and O–H groups in total. The highest BCUT2D eigenvalue weighted by Crippen LogP contribution is 2.34. The summed E-state index contributed by atoms with van der Waals surface area (Å²) >= 11 is 5.89. The lowest BCUT2D eigenvalue weighted by Gasteiger charge is -2.24. The van der Waals surface area contributed by atoms with E-state index in [1.54, 1.807) is 12.1 Å². The summed E-state index contributed by atoms with van der Waals surface area (Å²) < 4.78 is 19.0. The van der Waals surface area contributed by atoms with Gasteiger partial charge < -0.3 is 10.1 Å². The minimum absolute atomic E-state index is 0.0763. The fourth-order valence-corrected chi connectivity index (χ4v) is 2.34. The molecule has 0 saturated carbocycles. The Morgan fingerprint density at radius 3 is 2.88 bits per heavy atom. The molecule has 16 heavy (non-hydrogen) atoms. The Bertz CT molecular complexity index is 378. The van der Waals surface area contributed by atoms with E-state index in [4.69, 9.17) is 16.3 Å². The lowest BCUT2D eigenvalue weighted by atomic mass is 9.97. The number of piperidine rings is 1. The van der Waals surface area contributed by atoms with E-state index in [2.05, 4.69) is 5.32 Å². The van der Waals surface area contributed by atoms with Crippen LogP contribution in [0.5, 0.6) is 5.75 Å². The maximum atomic E-state index is 14.0. The van der Waals surface area contributed by atoms with Gasteiger partial charge in [0.15, 0.2) is 0 Å². The van der Waals surface area contributed by atoms with Gasteiger partial charge in [0.05, 0.1) is 7.11 Å². The van der Waals surface area contributed by atoms with Crippen LogP contribution in [0.1, 0.15) is 30.9 Å². The summed E-state index contributed by atoms with van der Waals surface area (Å²) in [6.45, 7) is 0.938. The molecule has 0 aliphatic carbocycles. The van der Waals surface area contributed by atoms with Crippen LogP contribution in [0.25, 0.3) is 0 Å². The standard InChI is InChI=1S/C12H15ClFNO/c1-16-10-6-5-8(12(14)11(10)13)9-4-2-3-7-15-9/h5-6,9,15H,2-4,7H2,1H3. The Kier molecular flexibility index (Phi) is 3.66. The predicted octanol–water partition coefficient (Wildman–Crippen LogP) is 3.30. The van der Waals surface area contributed by atoms with Crippen LogP contribution in [0.15, 0.2) is 12.1 Å². The van der Waals surface area contributed by atoms with E-state index in [9.17, 15) is 4.39 Å². The van der Waals surface area contributed by atoms with Gasteiger partial charge in [-0.05, 0) is 25.5 Å². The first-order chi connectivity index (χ1) is 7.74. The van der Waals surface area contributed by atoms with E-state index in [-0.39, 0.29) is 16.9 Å². The molecule has 1 fully saturated rings. The van der Waals surface area contributed by atoms with Gasteiger partial charge >= 0.3 is 0 Å².